The monoisotopic (exact) mass is 493 g/mol. The lowest BCUT2D eigenvalue weighted by atomic mass is 10.1. The zero-order chi connectivity index (χ0) is 18.9. The van der Waals surface area contributed by atoms with E-state index in [9.17, 15) is 0 Å². The van der Waals surface area contributed by atoms with Crippen molar-refractivity contribution < 1.29 is 4.74 Å². The minimum atomic E-state index is 0. The molecule has 1 fully saturated rings. The fourth-order valence-electron chi connectivity index (χ4n) is 3.10. The molecule has 0 aliphatic carbocycles. The summed E-state index contributed by atoms with van der Waals surface area (Å²) >= 11 is 0. The van der Waals surface area contributed by atoms with Crippen LogP contribution in [0.25, 0.3) is 0 Å². The second-order valence-electron chi connectivity index (χ2n) is 7.02. The number of aromatic nitrogens is 2. The van der Waals surface area contributed by atoms with E-state index in [1.165, 1.54) is 5.56 Å². The standard InChI is InChI=1S/C18H35N7O.HI/c1-6-19-18(20-11-15(2)25-7-9-26-10-8-25)21-13-17(23(3)4)16-12-22-24(5)14-16;/h12,14-15,17H,6-11,13H2,1-5H3,(H2,19,20,21);1H. The summed E-state index contributed by atoms with van der Waals surface area (Å²) in [6, 6.07) is 0.654. The highest BCUT2D eigenvalue weighted by Crippen LogP contribution is 2.16. The molecule has 2 rings (SSSR count). The van der Waals surface area contributed by atoms with Gasteiger partial charge in [-0.05, 0) is 27.9 Å². The molecule has 1 aromatic rings. The Morgan fingerprint density at radius 3 is 2.59 bits per heavy atom. The zero-order valence-electron chi connectivity index (χ0n) is 17.3. The van der Waals surface area contributed by atoms with Gasteiger partial charge in [-0.3, -0.25) is 14.6 Å². The van der Waals surface area contributed by atoms with Crippen LogP contribution >= 0.6 is 24.0 Å². The summed E-state index contributed by atoms with van der Waals surface area (Å²) in [5, 5.41) is 11.1. The first-order valence-electron chi connectivity index (χ1n) is 9.50. The summed E-state index contributed by atoms with van der Waals surface area (Å²) in [6.07, 6.45) is 3.99. The molecule has 0 amide bonds. The molecule has 156 valence electrons. The average molecular weight is 493 g/mol. The van der Waals surface area contributed by atoms with Crippen LogP contribution in [-0.4, -0.2) is 91.6 Å². The van der Waals surface area contributed by atoms with E-state index in [0.29, 0.717) is 6.04 Å². The maximum atomic E-state index is 5.43. The molecule has 0 radical (unpaired) electrons. The van der Waals surface area contributed by atoms with Crippen molar-refractivity contribution in [1.29, 1.82) is 0 Å². The normalized spacial score (nSPS) is 18.1. The van der Waals surface area contributed by atoms with Crippen LogP contribution in [0.15, 0.2) is 17.4 Å². The molecule has 1 aliphatic heterocycles. The number of likely N-dealkylation sites (N-methyl/N-ethyl adjacent to an activating group) is 1. The third-order valence-corrected chi connectivity index (χ3v) is 4.72. The Hall–Kier alpha value is -0.910. The Morgan fingerprint density at radius 1 is 1.33 bits per heavy atom. The van der Waals surface area contributed by atoms with E-state index >= 15 is 0 Å². The average Bonchev–Trinajstić information content (AvgIpc) is 3.06. The van der Waals surface area contributed by atoms with E-state index in [-0.39, 0.29) is 30.0 Å². The van der Waals surface area contributed by atoms with Crippen LogP contribution in [0.2, 0.25) is 0 Å². The van der Waals surface area contributed by atoms with Crippen LogP contribution in [0, 0.1) is 0 Å². The van der Waals surface area contributed by atoms with Crippen LogP contribution in [0.1, 0.15) is 25.5 Å². The maximum absolute atomic E-state index is 5.43. The summed E-state index contributed by atoms with van der Waals surface area (Å²) in [5.74, 6) is 0.864. The van der Waals surface area contributed by atoms with Crippen molar-refractivity contribution in [2.45, 2.75) is 25.9 Å². The number of nitrogens with zero attached hydrogens (tertiary/aromatic N) is 5. The van der Waals surface area contributed by atoms with E-state index < -0.39 is 0 Å². The van der Waals surface area contributed by atoms with Crippen molar-refractivity contribution in [3.05, 3.63) is 18.0 Å². The van der Waals surface area contributed by atoms with E-state index in [2.05, 4.69) is 59.7 Å². The second kappa shape index (κ2) is 12.5. The van der Waals surface area contributed by atoms with Gasteiger partial charge in [0.1, 0.15) is 0 Å². The summed E-state index contributed by atoms with van der Waals surface area (Å²) in [5.41, 5.74) is 1.20. The van der Waals surface area contributed by atoms with Crippen molar-refractivity contribution in [1.82, 2.24) is 30.2 Å². The Bertz CT molecular complexity index is 558. The molecule has 0 bridgehead atoms. The van der Waals surface area contributed by atoms with Gasteiger partial charge in [-0.1, -0.05) is 0 Å². The molecule has 2 atom stereocenters. The van der Waals surface area contributed by atoms with Crippen LogP contribution in [0.5, 0.6) is 0 Å². The van der Waals surface area contributed by atoms with Gasteiger partial charge in [-0.2, -0.15) is 5.10 Å². The fourth-order valence-corrected chi connectivity index (χ4v) is 3.10. The number of ether oxygens (including phenoxy) is 1. The number of aryl methyl sites for hydroxylation is 1. The van der Waals surface area contributed by atoms with E-state index in [0.717, 1.165) is 51.9 Å². The molecule has 1 aromatic heterocycles. The summed E-state index contributed by atoms with van der Waals surface area (Å²) in [6.45, 7) is 10.3. The number of halogens is 1. The van der Waals surface area contributed by atoms with Gasteiger partial charge in [0, 0.05) is 51.0 Å². The molecule has 2 unspecified atom stereocenters. The van der Waals surface area contributed by atoms with Crippen LogP contribution in [0.3, 0.4) is 0 Å². The molecular weight excluding hydrogens is 457 g/mol. The van der Waals surface area contributed by atoms with E-state index in [1.807, 2.05) is 17.9 Å². The number of guanidine groups is 1. The lowest BCUT2D eigenvalue weighted by molar-refractivity contribution is 0.0220. The number of hydrogen-bond acceptors (Lipinski definition) is 5. The molecule has 1 saturated heterocycles. The van der Waals surface area contributed by atoms with Crippen LogP contribution < -0.4 is 10.6 Å². The van der Waals surface area contributed by atoms with Crippen molar-refractivity contribution in [3.8, 4) is 0 Å². The third-order valence-electron chi connectivity index (χ3n) is 4.72. The lowest BCUT2D eigenvalue weighted by Gasteiger charge is -2.31. The number of nitrogens with one attached hydrogen (secondary N) is 2. The highest BCUT2D eigenvalue weighted by Gasteiger charge is 2.18. The topological polar surface area (TPSA) is 70.0 Å². The number of morpholine rings is 1. The Morgan fingerprint density at radius 2 is 2.04 bits per heavy atom. The highest BCUT2D eigenvalue weighted by atomic mass is 127. The number of aliphatic imine (C=N–C) groups is 1. The Labute approximate surface area is 180 Å². The van der Waals surface area contributed by atoms with E-state index in [4.69, 9.17) is 9.73 Å². The summed E-state index contributed by atoms with van der Waals surface area (Å²) in [4.78, 5) is 9.43. The molecule has 2 N–H and O–H groups in total. The van der Waals surface area contributed by atoms with Crippen molar-refractivity contribution >= 4 is 29.9 Å². The van der Waals surface area contributed by atoms with E-state index in [1.54, 1.807) is 0 Å². The molecule has 0 saturated carbocycles. The molecule has 0 spiro atoms. The van der Waals surface area contributed by atoms with Gasteiger partial charge < -0.3 is 20.3 Å². The SMILES string of the molecule is CCNC(=NCC(C)N1CCOCC1)NCC(c1cnn(C)c1)N(C)C.I. The molecular formula is C18H36IN7O. The maximum Gasteiger partial charge on any atom is 0.191 e. The number of hydrogen-bond donors (Lipinski definition) is 2. The molecule has 0 aromatic carbocycles. The number of rotatable bonds is 8. The Balaban J connectivity index is 0.00000364. The first-order valence-corrected chi connectivity index (χ1v) is 9.50. The largest absolute Gasteiger partial charge is 0.379 e. The fraction of sp³-hybridized carbons (Fsp3) is 0.778. The Kier molecular flexibility index (Phi) is 11.2. The van der Waals surface area contributed by atoms with Gasteiger partial charge in [-0.25, -0.2) is 0 Å². The molecule has 2 heterocycles. The smallest absolute Gasteiger partial charge is 0.191 e. The van der Waals surface area contributed by atoms with Gasteiger partial charge in [0.15, 0.2) is 5.96 Å². The zero-order valence-corrected chi connectivity index (χ0v) is 19.6. The van der Waals surface area contributed by atoms with Gasteiger partial charge in [0.05, 0.1) is 32.0 Å². The molecule has 27 heavy (non-hydrogen) atoms. The predicted octanol–water partition coefficient (Wildman–Crippen LogP) is 0.917. The first kappa shape index (κ1) is 24.1. The first-order chi connectivity index (χ1) is 12.5. The molecule has 8 nitrogen and oxygen atoms in total. The molecule has 1 aliphatic rings. The van der Waals surface area contributed by atoms with Crippen LogP contribution in [0.4, 0.5) is 0 Å². The quantitative estimate of drug-likeness (QED) is 0.319. The van der Waals surface area contributed by atoms with Gasteiger partial charge in [-0.15, -0.1) is 24.0 Å². The second-order valence-corrected chi connectivity index (χ2v) is 7.02. The minimum Gasteiger partial charge on any atom is -0.379 e. The lowest BCUT2D eigenvalue weighted by Crippen LogP contribution is -2.45. The van der Waals surface area contributed by atoms with Crippen molar-refractivity contribution in [2.75, 3.05) is 60.0 Å². The molecule has 9 heteroatoms. The van der Waals surface area contributed by atoms with Gasteiger partial charge in [0.2, 0.25) is 0 Å². The highest BCUT2D eigenvalue weighted by molar-refractivity contribution is 14.0. The minimum absolute atomic E-state index is 0. The summed E-state index contributed by atoms with van der Waals surface area (Å²) in [7, 11) is 6.12. The predicted molar refractivity (Wildman–Crippen MR) is 121 cm³/mol. The van der Waals surface area contributed by atoms with Gasteiger partial charge >= 0.3 is 0 Å². The van der Waals surface area contributed by atoms with Crippen molar-refractivity contribution in [2.24, 2.45) is 12.0 Å². The third kappa shape index (κ3) is 7.92. The summed E-state index contributed by atoms with van der Waals surface area (Å²) < 4.78 is 7.27. The van der Waals surface area contributed by atoms with Crippen LogP contribution in [-0.2, 0) is 11.8 Å². The van der Waals surface area contributed by atoms with Crippen molar-refractivity contribution in [3.63, 3.8) is 0 Å². The van der Waals surface area contributed by atoms with Gasteiger partial charge in [0.25, 0.3) is 0 Å².